The van der Waals surface area contributed by atoms with E-state index >= 15 is 0 Å². The van der Waals surface area contributed by atoms with E-state index < -0.39 is 0 Å². The fourth-order valence-electron chi connectivity index (χ4n) is 3.67. The molecule has 2 aliphatic rings. The molecule has 2 aromatic rings. The molecule has 0 radical (unpaired) electrons. The van der Waals surface area contributed by atoms with Crippen molar-refractivity contribution in [3.05, 3.63) is 17.3 Å². The Kier molecular flexibility index (Phi) is 2.66. The van der Waals surface area contributed by atoms with Gasteiger partial charge in [0.15, 0.2) is 0 Å². The standard InChI is InChI=1S/C14H16N4OS/c15-10-11-14(17-4-3-16-11)20-12(10)13(19)18-9-6-7-1-2-8(9)5-7/h3-4,7-9H,1-2,5-6,15H2,(H,18,19). The summed E-state index contributed by atoms with van der Waals surface area (Å²) in [5.41, 5.74) is 7.13. The van der Waals surface area contributed by atoms with Crippen LogP contribution in [-0.2, 0) is 0 Å². The van der Waals surface area contributed by atoms with E-state index in [1.165, 1.54) is 30.6 Å². The number of aromatic nitrogens is 2. The zero-order valence-corrected chi connectivity index (χ0v) is 11.8. The third kappa shape index (κ3) is 1.78. The maximum Gasteiger partial charge on any atom is 0.263 e. The molecule has 5 nitrogen and oxygen atoms in total. The summed E-state index contributed by atoms with van der Waals surface area (Å²) in [6, 6.07) is 0.326. The number of nitrogens with two attached hydrogens (primary N) is 1. The Morgan fingerprint density at radius 2 is 2.15 bits per heavy atom. The van der Waals surface area contributed by atoms with Crippen LogP contribution >= 0.6 is 11.3 Å². The summed E-state index contributed by atoms with van der Waals surface area (Å²) >= 11 is 1.32. The number of nitrogens with zero attached hydrogens (tertiary/aromatic N) is 2. The Morgan fingerprint density at radius 3 is 2.85 bits per heavy atom. The predicted octanol–water partition coefficient (Wildman–Crippen LogP) is 2.19. The van der Waals surface area contributed by atoms with Gasteiger partial charge in [-0.05, 0) is 31.1 Å². The second-order valence-corrected chi connectivity index (χ2v) is 6.81. The van der Waals surface area contributed by atoms with E-state index in [4.69, 9.17) is 5.73 Å². The molecule has 0 aromatic carbocycles. The third-order valence-corrected chi connectivity index (χ3v) is 5.73. The van der Waals surface area contributed by atoms with Gasteiger partial charge in [0.25, 0.3) is 5.91 Å². The summed E-state index contributed by atoms with van der Waals surface area (Å²) in [4.78, 5) is 22.1. The number of nitrogen functional groups attached to an aromatic ring is 1. The number of hydrogen-bond acceptors (Lipinski definition) is 5. The van der Waals surface area contributed by atoms with Crippen LogP contribution in [0.1, 0.15) is 35.4 Å². The Bertz CT molecular complexity index is 683. The molecule has 1 amide bonds. The van der Waals surface area contributed by atoms with Crippen molar-refractivity contribution in [1.29, 1.82) is 0 Å². The maximum atomic E-state index is 12.4. The Hall–Kier alpha value is -1.69. The molecule has 3 unspecified atom stereocenters. The van der Waals surface area contributed by atoms with Gasteiger partial charge in [0, 0.05) is 18.4 Å². The summed E-state index contributed by atoms with van der Waals surface area (Å²) < 4.78 is 0. The lowest BCUT2D eigenvalue weighted by molar-refractivity contribution is 0.0928. The van der Waals surface area contributed by atoms with E-state index in [0.717, 1.165) is 17.2 Å². The maximum absolute atomic E-state index is 12.4. The lowest BCUT2D eigenvalue weighted by Crippen LogP contribution is -2.38. The van der Waals surface area contributed by atoms with Gasteiger partial charge in [-0.15, -0.1) is 11.3 Å². The molecule has 0 aliphatic heterocycles. The predicted molar refractivity (Wildman–Crippen MR) is 78.5 cm³/mol. The summed E-state index contributed by atoms with van der Waals surface area (Å²) in [5, 5.41) is 3.16. The quantitative estimate of drug-likeness (QED) is 0.887. The molecule has 0 saturated heterocycles. The topological polar surface area (TPSA) is 80.9 Å². The van der Waals surface area contributed by atoms with Crippen LogP contribution in [0, 0.1) is 11.8 Å². The van der Waals surface area contributed by atoms with Gasteiger partial charge in [0.2, 0.25) is 0 Å². The molecule has 6 heteroatoms. The molecular formula is C14H16N4OS. The van der Waals surface area contributed by atoms with Crippen LogP contribution in [0.2, 0.25) is 0 Å². The van der Waals surface area contributed by atoms with Crippen LogP contribution in [0.5, 0.6) is 0 Å². The first-order valence-corrected chi connectivity index (χ1v) is 7.84. The van der Waals surface area contributed by atoms with Crippen molar-refractivity contribution in [2.24, 2.45) is 11.8 Å². The number of rotatable bonds is 2. The molecule has 2 heterocycles. The molecular weight excluding hydrogens is 272 g/mol. The van der Waals surface area contributed by atoms with Crippen LogP contribution in [0.25, 0.3) is 10.3 Å². The highest BCUT2D eigenvalue weighted by atomic mass is 32.1. The molecule has 104 valence electrons. The van der Waals surface area contributed by atoms with Crippen LogP contribution in [-0.4, -0.2) is 21.9 Å². The first kappa shape index (κ1) is 12.1. The van der Waals surface area contributed by atoms with Crippen molar-refractivity contribution >= 4 is 33.3 Å². The average molecular weight is 288 g/mol. The van der Waals surface area contributed by atoms with Gasteiger partial charge in [-0.2, -0.15) is 0 Å². The SMILES string of the molecule is Nc1c(C(=O)NC2CC3CCC2C3)sc2nccnc12. The second kappa shape index (κ2) is 4.41. The Morgan fingerprint density at radius 1 is 1.30 bits per heavy atom. The molecule has 3 atom stereocenters. The number of carbonyl (C=O) groups is 1. The van der Waals surface area contributed by atoms with Gasteiger partial charge in [-0.25, -0.2) is 9.97 Å². The average Bonchev–Trinajstić information content (AvgIpc) is 3.14. The van der Waals surface area contributed by atoms with Crippen molar-refractivity contribution in [2.45, 2.75) is 31.7 Å². The van der Waals surface area contributed by atoms with Crippen LogP contribution in [0.3, 0.4) is 0 Å². The Balaban J connectivity index is 1.59. The van der Waals surface area contributed by atoms with Gasteiger partial charge in [0.1, 0.15) is 15.2 Å². The smallest absolute Gasteiger partial charge is 0.263 e. The molecule has 0 spiro atoms. The monoisotopic (exact) mass is 288 g/mol. The van der Waals surface area contributed by atoms with E-state index in [9.17, 15) is 4.79 Å². The van der Waals surface area contributed by atoms with Crippen molar-refractivity contribution in [2.75, 3.05) is 5.73 Å². The molecule has 3 N–H and O–H groups in total. The highest BCUT2D eigenvalue weighted by molar-refractivity contribution is 7.21. The van der Waals surface area contributed by atoms with Gasteiger partial charge in [-0.3, -0.25) is 4.79 Å². The lowest BCUT2D eigenvalue weighted by Gasteiger charge is -2.22. The normalized spacial score (nSPS) is 28.1. The number of hydrogen-bond donors (Lipinski definition) is 2. The van der Waals surface area contributed by atoms with Crippen molar-refractivity contribution < 1.29 is 4.79 Å². The first-order chi connectivity index (χ1) is 9.72. The molecule has 2 aliphatic carbocycles. The van der Waals surface area contributed by atoms with Gasteiger partial charge in [-0.1, -0.05) is 6.42 Å². The molecule has 2 fully saturated rings. The minimum atomic E-state index is -0.0650. The highest BCUT2D eigenvalue weighted by Gasteiger charge is 2.40. The number of anilines is 1. The molecule has 20 heavy (non-hydrogen) atoms. The van der Waals surface area contributed by atoms with Crippen LogP contribution < -0.4 is 11.1 Å². The fourth-order valence-corrected chi connectivity index (χ4v) is 4.59. The van der Waals surface area contributed by atoms with Crippen molar-refractivity contribution in [1.82, 2.24) is 15.3 Å². The number of nitrogens with one attached hydrogen (secondary N) is 1. The molecule has 2 bridgehead atoms. The van der Waals surface area contributed by atoms with Gasteiger partial charge < -0.3 is 11.1 Å². The van der Waals surface area contributed by atoms with E-state index in [1.54, 1.807) is 12.4 Å². The first-order valence-electron chi connectivity index (χ1n) is 7.02. The number of amides is 1. The van der Waals surface area contributed by atoms with E-state index in [0.29, 0.717) is 28.0 Å². The summed E-state index contributed by atoms with van der Waals surface area (Å²) in [5.74, 6) is 1.41. The largest absolute Gasteiger partial charge is 0.396 e. The highest BCUT2D eigenvalue weighted by Crippen LogP contribution is 2.44. The number of thiophene rings is 1. The molecule has 4 rings (SSSR count). The lowest BCUT2D eigenvalue weighted by atomic mass is 9.95. The second-order valence-electron chi connectivity index (χ2n) is 5.81. The van der Waals surface area contributed by atoms with Crippen LogP contribution in [0.15, 0.2) is 12.4 Å². The van der Waals surface area contributed by atoms with Gasteiger partial charge >= 0.3 is 0 Å². The fraction of sp³-hybridized carbons (Fsp3) is 0.500. The zero-order chi connectivity index (χ0) is 13.7. The van der Waals surface area contributed by atoms with E-state index in [1.807, 2.05) is 0 Å². The van der Waals surface area contributed by atoms with Crippen molar-refractivity contribution in [3.8, 4) is 0 Å². The zero-order valence-electron chi connectivity index (χ0n) is 11.0. The van der Waals surface area contributed by atoms with E-state index in [2.05, 4.69) is 15.3 Å². The minimum absolute atomic E-state index is 0.0650. The number of carbonyl (C=O) groups excluding carboxylic acids is 1. The number of fused-ring (bicyclic) bond motifs is 3. The summed E-state index contributed by atoms with van der Waals surface area (Å²) in [6.07, 6.45) is 8.20. The van der Waals surface area contributed by atoms with Crippen molar-refractivity contribution in [3.63, 3.8) is 0 Å². The molecule has 2 aromatic heterocycles. The van der Waals surface area contributed by atoms with E-state index in [-0.39, 0.29) is 5.91 Å². The third-order valence-electron chi connectivity index (χ3n) is 4.62. The summed E-state index contributed by atoms with van der Waals surface area (Å²) in [7, 11) is 0. The minimum Gasteiger partial charge on any atom is -0.396 e. The van der Waals surface area contributed by atoms with Gasteiger partial charge in [0.05, 0.1) is 5.69 Å². The molecule has 2 saturated carbocycles. The Labute approximate surface area is 120 Å². The van der Waals surface area contributed by atoms with Crippen LogP contribution in [0.4, 0.5) is 5.69 Å². The summed E-state index contributed by atoms with van der Waals surface area (Å²) in [6.45, 7) is 0.